The number of aryl methyl sites for hydroxylation is 1. The zero-order valence-electron chi connectivity index (χ0n) is 27.6. The molecular formula is C38H46N4O5. The zero-order valence-corrected chi connectivity index (χ0v) is 27.6. The van der Waals surface area contributed by atoms with E-state index in [-0.39, 0.29) is 28.6 Å². The number of methoxy groups -OCH3 is 1. The van der Waals surface area contributed by atoms with Gasteiger partial charge in [0.2, 0.25) is 5.91 Å². The molecule has 2 bridgehead atoms. The van der Waals surface area contributed by atoms with E-state index in [2.05, 4.69) is 30.1 Å². The van der Waals surface area contributed by atoms with E-state index in [4.69, 9.17) is 24.2 Å². The summed E-state index contributed by atoms with van der Waals surface area (Å²) in [7, 11) is 1.73. The van der Waals surface area contributed by atoms with Gasteiger partial charge in [-0.3, -0.25) is 14.5 Å². The minimum absolute atomic E-state index is 0.0537. The van der Waals surface area contributed by atoms with E-state index in [0.29, 0.717) is 18.3 Å². The van der Waals surface area contributed by atoms with Crippen LogP contribution in [0.5, 0.6) is 5.75 Å². The third kappa shape index (κ3) is 6.51. The molecule has 0 unspecified atom stereocenters. The molecule has 5 saturated carbocycles. The fourth-order valence-electron chi connectivity index (χ4n) is 8.38. The fourth-order valence-corrected chi connectivity index (χ4v) is 8.38. The molecule has 9 nitrogen and oxygen atoms in total. The number of aliphatic imine (C=N–C) groups is 1. The molecule has 1 aromatic carbocycles. The number of aromatic nitrogens is 2. The number of anilines is 1. The number of hydrogen-bond acceptors (Lipinski definition) is 7. The van der Waals surface area contributed by atoms with Gasteiger partial charge in [-0.05, 0) is 130 Å². The van der Waals surface area contributed by atoms with E-state index in [1.54, 1.807) is 25.8 Å². The summed E-state index contributed by atoms with van der Waals surface area (Å²) in [6.07, 6.45) is 17.1. The van der Waals surface area contributed by atoms with Crippen LogP contribution in [0.25, 0.3) is 11.3 Å². The van der Waals surface area contributed by atoms with Crippen LogP contribution in [0.4, 0.5) is 5.82 Å². The highest BCUT2D eigenvalue weighted by atomic mass is 16.5. The quantitative estimate of drug-likeness (QED) is 0.239. The molecule has 0 atom stereocenters. The number of rotatable bonds is 10. The van der Waals surface area contributed by atoms with Crippen LogP contribution in [-0.4, -0.2) is 53.4 Å². The Kier molecular flexibility index (Phi) is 8.76. The van der Waals surface area contributed by atoms with Crippen molar-refractivity contribution < 1.29 is 23.8 Å². The molecule has 5 aliphatic rings. The first-order valence-electron chi connectivity index (χ1n) is 17.4. The molecule has 248 valence electrons. The van der Waals surface area contributed by atoms with E-state index in [9.17, 15) is 9.59 Å². The van der Waals surface area contributed by atoms with Crippen molar-refractivity contribution in [2.45, 2.75) is 95.3 Å². The summed E-state index contributed by atoms with van der Waals surface area (Å²) >= 11 is 0. The number of ether oxygens (including phenoxy) is 1. The van der Waals surface area contributed by atoms with Gasteiger partial charge in [-0.25, -0.2) is 15.0 Å². The molecule has 47 heavy (non-hydrogen) atoms. The van der Waals surface area contributed by atoms with E-state index in [1.165, 1.54) is 11.1 Å². The largest absolute Gasteiger partial charge is 0.496 e. The third-order valence-corrected chi connectivity index (χ3v) is 11.6. The number of nitrogens with zero attached hydrogens (tertiary/aromatic N) is 4. The van der Waals surface area contributed by atoms with Crippen LogP contribution in [0.3, 0.4) is 0 Å². The zero-order chi connectivity index (χ0) is 32.6. The van der Waals surface area contributed by atoms with Gasteiger partial charge in [-0.15, -0.1) is 0 Å². The number of carbonyl (C=O) groups excluding carboxylic acids is 2. The predicted molar refractivity (Wildman–Crippen MR) is 180 cm³/mol. The lowest BCUT2D eigenvalue weighted by molar-refractivity contribution is -0.124. The third-order valence-electron chi connectivity index (χ3n) is 11.6. The molecular weight excluding hydrogens is 592 g/mol. The Balaban J connectivity index is 1.12. The first-order chi connectivity index (χ1) is 22.8. The number of hydrogen-bond donors (Lipinski definition) is 1. The standard InChI is InChI=1S/C38H46N4O5/c1-25-19-30(9-10-32(25)46-2)38-15-12-37(13-16-38,14-17-38)24-42(36(45)28-5-3-26(4-6-28)21-40-34(44)22-43)33-20-29(11-18-39-33)31-23-47-35(41-31)27-7-8-27/h9-11,18-21,23,26-28,43H,3-8,12-17,22,24H2,1-2H3. The lowest BCUT2D eigenvalue weighted by Crippen LogP contribution is -2.52. The number of carbonyl (C=O) groups is 2. The number of aliphatic hydroxyl groups excluding tert-OH is 1. The highest BCUT2D eigenvalue weighted by Gasteiger charge is 2.51. The summed E-state index contributed by atoms with van der Waals surface area (Å²) in [5, 5.41) is 9.02. The average molecular weight is 639 g/mol. The van der Waals surface area contributed by atoms with E-state index in [1.807, 2.05) is 17.0 Å². The van der Waals surface area contributed by atoms with Gasteiger partial charge in [0.25, 0.3) is 5.91 Å². The van der Waals surface area contributed by atoms with Crippen LogP contribution in [0, 0.1) is 24.2 Å². The molecule has 3 aromatic rings. The summed E-state index contributed by atoms with van der Waals surface area (Å²) in [5.74, 6) is 2.48. The summed E-state index contributed by atoms with van der Waals surface area (Å²) < 4.78 is 11.3. The van der Waals surface area contributed by atoms with Gasteiger partial charge in [-0.2, -0.15) is 0 Å². The Morgan fingerprint density at radius 2 is 1.79 bits per heavy atom. The first kappa shape index (κ1) is 31.7. The second kappa shape index (κ2) is 13.0. The molecule has 2 heterocycles. The van der Waals surface area contributed by atoms with Crippen LogP contribution in [0.15, 0.2) is 52.2 Å². The lowest BCUT2D eigenvalue weighted by Gasteiger charge is -2.55. The number of pyridine rings is 1. The first-order valence-corrected chi connectivity index (χ1v) is 17.4. The van der Waals surface area contributed by atoms with Gasteiger partial charge in [0.15, 0.2) is 5.89 Å². The molecule has 5 fully saturated rings. The maximum atomic E-state index is 14.5. The lowest BCUT2D eigenvalue weighted by atomic mass is 9.51. The molecule has 8 rings (SSSR count). The van der Waals surface area contributed by atoms with Crippen LogP contribution in [-0.2, 0) is 15.0 Å². The van der Waals surface area contributed by atoms with Crippen molar-refractivity contribution in [2.24, 2.45) is 22.2 Å². The SMILES string of the molecule is COc1ccc(C23CCC(CN(C(=O)C4CCC(C=NC(=O)CO)CC4)c4cc(-c5coc(C6CC6)n5)ccn4)(CC2)CC3)cc1C. The van der Waals surface area contributed by atoms with E-state index < -0.39 is 12.5 Å². The fraction of sp³-hybridized carbons (Fsp3) is 0.553. The summed E-state index contributed by atoms with van der Waals surface area (Å²) in [5.41, 5.74) is 4.55. The van der Waals surface area contributed by atoms with Crippen molar-refractivity contribution in [1.29, 1.82) is 0 Å². The minimum atomic E-state index is -0.579. The molecule has 2 aromatic heterocycles. The van der Waals surface area contributed by atoms with Gasteiger partial charge in [0.05, 0.1) is 7.11 Å². The number of amides is 2. The highest BCUT2D eigenvalue weighted by Crippen LogP contribution is 2.58. The van der Waals surface area contributed by atoms with E-state index in [0.717, 1.165) is 99.9 Å². The van der Waals surface area contributed by atoms with Gasteiger partial charge in [0, 0.05) is 36.4 Å². The second-order valence-corrected chi connectivity index (χ2v) is 14.6. The molecule has 0 radical (unpaired) electrons. The predicted octanol–water partition coefficient (Wildman–Crippen LogP) is 6.95. The van der Waals surface area contributed by atoms with Gasteiger partial charge in [-0.1, -0.05) is 12.1 Å². The van der Waals surface area contributed by atoms with Crippen molar-refractivity contribution in [3.8, 4) is 17.0 Å². The summed E-state index contributed by atoms with van der Waals surface area (Å²) in [6.45, 7) is 2.21. The normalized spacial score (nSPS) is 27.2. The summed E-state index contributed by atoms with van der Waals surface area (Å²) in [4.78, 5) is 41.5. The Hall–Kier alpha value is -3.85. The van der Waals surface area contributed by atoms with Crippen molar-refractivity contribution in [3.05, 3.63) is 59.8 Å². The number of aliphatic hydroxyl groups is 1. The maximum Gasteiger partial charge on any atom is 0.271 e. The van der Waals surface area contributed by atoms with Crippen molar-refractivity contribution >= 4 is 23.8 Å². The van der Waals surface area contributed by atoms with Crippen LogP contribution in [0.1, 0.15) is 100.0 Å². The maximum absolute atomic E-state index is 14.5. The van der Waals surface area contributed by atoms with Gasteiger partial charge < -0.3 is 14.3 Å². The number of benzene rings is 1. The highest BCUT2D eigenvalue weighted by molar-refractivity contribution is 5.95. The van der Waals surface area contributed by atoms with Crippen molar-refractivity contribution in [1.82, 2.24) is 9.97 Å². The molecule has 0 spiro atoms. The van der Waals surface area contributed by atoms with Gasteiger partial charge >= 0.3 is 0 Å². The monoisotopic (exact) mass is 638 g/mol. The molecule has 5 aliphatic carbocycles. The Morgan fingerprint density at radius 1 is 1.04 bits per heavy atom. The van der Waals surface area contributed by atoms with Crippen molar-refractivity contribution in [2.75, 3.05) is 25.2 Å². The Morgan fingerprint density at radius 3 is 2.45 bits per heavy atom. The van der Waals surface area contributed by atoms with Crippen molar-refractivity contribution in [3.63, 3.8) is 0 Å². The summed E-state index contributed by atoms with van der Waals surface area (Å²) in [6, 6.07) is 10.7. The smallest absolute Gasteiger partial charge is 0.271 e. The van der Waals surface area contributed by atoms with Crippen LogP contribution >= 0.6 is 0 Å². The van der Waals surface area contributed by atoms with Crippen LogP contribution in [0.2, 0.25) is 0 Å². The topological polar surface area (TPSA) is 118 Å². The molecule has 1 N–H and O–H groups in total. The second-order valence-electron chi connectivity index (χ2n) is 14.6. The minimum Gasteiger partial charge on any atom is -0.496 e. The molecule has 0 saturated heterocycles. The number of fused-ring (bicyclic) bond motifs is 3. The molecule has 0 aliphatic heterocycles. The number of oxazole rings is 1. The van der Waals surface area contributed by atoms with Crippen LogP contribution < -0.4 is 9.64 Å². The van der Waals surface area contributed by atoms with Gasteiger partial charge in [0.1, 0.15) is 30.1 Å². The van der Waals surface area contributed by atoms with E-state index >= 15 is 0 Å². The Bertz CT molecular complexity index is 1630. The average Bonchev–Trinajstić information content (AvgIpc) is 3.86. The molecule has 2 amide bonds. The Labute approximate surface area is 276 Å². The molecule has 9 heteroatoms.